The number of hydrogen-bond donors (Lipinski definition) is 0. The molecule has 0 unspecified atom stereocenters. The number of imidazole rings is 1. The summed E-state index contributed by atoms with van der Waals surface area (Å²) in [5.74, 6) is 0. The van der Waals surface area contributed by atoms with E-state index >= 15 is 0 Å². The first-order valence-electron chi connectivity index (χ1n) is 7.40. The Morgan fingerprint density at radius 1 is 1.19 bits per heavy atom. The van der Waals surface area contributed by atoms with Gasteiger partial charge in [0.2, 0.25) is 6.29 Å². The lowest BCUT2D eigenvalue weighted by molar-refractivity contribution is -0.142. The Bertz CT molecular complexity index is 531. The van der Waals surface area contributed by atoms with Crippen LogP contribution in [0.3, 0.4) is 0 Å². The van der Waals surface area contributed by atoms with Crippen molar-refractivity contribution in [2.24, 2.45) is 0 Å². The highest BCUT2D eigenvalue weighted by atomic mass is 16.7. The zero-order valence-electron chi connectivity index (χ0n) is 12.9. The SMILES string of the molecule is CCCn1cncc1Cn1cc(C(OCC)OCC)nn1. The van der Waals surface area contributed by atoms with Crippen LogP contribution in [0.15, 0.2) is 18.7 Å². The molecule has 0 bridgehead atoms. The minimum Gasteiger partial charge on any atom is -0.347 e. The van der Waals surface area contributed by atoms with Gasteiger partial charge in [0.1, 0.15) is 5.69 Å². The fourth-order valence-corrected chi connectivity index (χ4v) is 2.11. The minimum atomic E-state index is -0.450. The average molecular weight is 293 g/mol. The highest BCUT2D eigenvalue weighted by Crippen LogP contribution is 2.16. The van der Waals surface area contributed by atoms with Gasteiger partial charge in [-0.3, -0.25) is 0 Å². The van der Waals surface area contributed by atoms with Crippen LogP contribution in [0.5, 0.6) is 0 Å². The van der Waals surface area contributed by atoms with E-state index in [2.05, 4.69) is 26.8 Å². The summed E-state index contributed by atoms with van der Waals surface area (Å²) in [7, 11) is 0. The molecule has 2 aromatic rings. The molecular formula is C14H23N5O2. The molecule has 0 aromatic carbocycles. The van der Waals surface area contributed by atoms with Gasteiger partial charge in [0.15, 0.2) is 0 Å². The Morgan fingerprint density at radius 2 is 1.95 bits per heavy atom. The van der Waals surface area contributed by atoms with E-state index in [1.807, 2.05) is 32.6 Å². The maximum Gasteiger partial charge on any atom is 0.204 e. The van der Waals surface area contributed by atoms with Crippen molar-refractivity contribution < 1.29 is 9.47 Å². The van der Waals surface area contributed by atoms with Gasteiger partial charge in [0.05, 0.1) is 31.0 Å². The van der Waals surface area contributed by atoms with Crippen molar-refractivity contribution in [2.45, 2.75) is 46.6 Å². The Kier molecular flexibility index (Phi) is 5.89. The lowest BCUT2D eigenvalue weighted by Gasteiger charge is -2.13. The third-order valence-electron chi connectivity index (χ3n) is 3.02. The molecule has 0 saturated carbocycles. The lowest BCUT2D eigenvalue weighted by atomic mass is 10.4. The second kappa shape index (κ2) is 7.90. The summed E-state index contributed by atoms with van der Waals surface area (Å²) in [4.78, 5) is 4.19. The molecule has 7 heteroatoms. The third kappa shape index (κ3) is 4.12. The zero-order chi connectivity index (χ0) is 15.1. The van der Waals surface area contributed by atoms with E-state index in [0.29, 0.717) is 25.5 Å². The monoisotopic (exact) mass is 293 g/mol. The minimum absolute atomic E-state index is 0.450. The molecule has 0 radical (unpaired) electrons. The van der Waals surface area contributed by atoms with Gasteiger partial charge in [0.25, 0.3) is 0 Å². The van der Waals surface area contributed by atoms with Gasteiger partial charge in [-0.25, -0.2) is 9.67 Å². The van der Waals surface area contributed by atoms with E-state index in [1.165, 1.54) is 0 Å². The van der Waals surface area contributed by atoms with Gasteiger partial charge in [-0.2, -0.15) is 0 Å². The summed E-state index contributed by atoms with van der Waals surface area (Å²) in [5, 5.41) is 8.29. The first-order valence-corrected chi connectivity index (χ1v) is 7.40. The Labute approximate surface area is 124 Å². The quantitative estimate of drug-likeness (QED) is 0.662. The van der Waals surface area contributed by atoms with Gasteiger partial charge < -0.3 is 14.0 Å². The van der Waals surface area contributed by atoms with E-state index < -0.39 is 6.29 Å². The number of hydrogen-bond acceptors (Lipinski definition) is 5. The zero-order valence-corrected chi connectivity index (χ0v) is 12.9. The lowest BCUT2D eigenvalue weighted by Crippen LogP contribution is -2.09. The summed E-state index contributed by atoms with van der Waals surface area (Å²) in [6, 6.07) is 0. The second-order valence-electron chi connectivity index (χ2n) is 4.66. The standard InChI is InChI=1S/C14H23N5O2/c1-4-7-18-11-15-8-12(18)9-19-10-13(16-17-19)14(20-5-2)21-6-3/h8,10-11,14H,4-7,9H2,1-3H3. The molecule has 0 fully saturated rings. The van der Waals surface area contributed by atoms with Crippen LogP contribution in [0.4, 0.5) is 0 Å². The maximum absolute atomic E-state index is 5.52. The first-order chi connectivity index (χ1) is 10.3. The van der Waals surface area contributed by atoms with E-state index in [0.717, 1.165) is 18.7 Å². The summed E-state index contributed by atoms with van der Waals surface area (Å²) in [6.45, 7) is 8.74. The normalized spacial score (nSPS) is 11.4. The Morgan fingerprint density at radius 3 is 2.62 bits per heavy atom. The van der Waals surface area contributed by atoms with Crippen LogP contribution in [0.25, 0.3) is 0 Å². The molecule has 0 N–H and O–H groups in total. The Hall–Kier alpha value is -1.73. The molecule has 0 aliphatic heterocycles. The van der Waals surface area contributed by atoms with Crippen molar-refractivity contribution in [3.05, 3.63) is 30.1 Å². The van der Waals surface area contributed by atoms with Crippen LogP contribution in [-0.2, 0) is 22.6 Å². The van der Waals surface area contributed by atoms with Crippen molar-refractivity contribution >= 4 is 0 Å². The van der Waals surface area contributed by atoms with Crippen molar-refractivity contribution in [2.75, 3.05) is 13.2 Å². The highest BCUT2D eigenvalue weighted by Gasteiger charge is 2.16. The van der Waals surface area contributed by atoms with Crippen LogP contribution in [-0.4, -0.2) is 37.8 Å². The number of aryl methyl sites for hydroxylation is 1. The van der Waals surface area contributed by atoms with E-state index in [4.69, 9.17) is 9.47 Å². The van der Waals surface area contributed by atoms with Crippen molar-refractivity contribution in [1.82, 2.24) is 24.5 Å². The number of ether oxygens (including phenoxy) is 2. The summed E-state index contributed by atoms with van der Waals surface area (Å²) in [6.07, 6.45) is 6.19. The molecule has 0 amide bonds. The first kappa shape index (κ1) is 15.7. The molecule has 2 aromatic heterocycles. The summed E-state index contributed by atoms with van der Waals surface area (Å²) >= 11 is 0. The van der Waals surface area contributed by atoms with Crippen LogP contribution in [0, 0.1) is 0 Å². The fourth-order valence-electron chi connectivity index (χ4n) is 2.11. The van der Waals surface area contributed by atoms with Crippen LogP contribution in [0.2, 0.25) is 0 Å². The molecule has 0 aliphatic rings. The molecule has 2 heterocycles. The molecule has 0 spiro atoms. The van der Waals surface area contributed by atoms with E-state index in [9.17, 15) is 0 Å². The number of rotatable bonds is 9. The Balaban J connectivity index is 2.06. The fraction of sp³-hybridized carbons (Fsp3) is 0.643. The van der Waals surface area contributed by atoms with Gasteiger partial charge in [0, 0.05) is 19.8 Å². The summed E-state index contributed by atoms with van der Waals surface area (Å²) < 4.78 is 15.0. The molecule has 0 atom stereocenters. The van der Waals surface area contributed by atoms with Gasteiger partial charge in [-0.15, -0.1) is 5.10 Å². The molecule has 116 valence electrons. The van der Waals surface area contributed by atoms with Crippen molar-refractivity contribution in [3.8, 4) is 0 Å². The number of nitrogens with zero attached hydrogens (tertiary/aromatic N) is 5. The molecule has 0 aliphatic carbocycles. The second-order valence-corrected chi connectivity index (χ2v) is 4.66. The molecule has 2 rings (SSSR count). The molecule has 21 heavy (non-hydrogen) atoms. The van der Waals surface area contributed by atoms with Crippen molar-refractivity contribution in [3.63, 3.8) is 0 Å². The molecule has 0 saturated heterocycles. The molecular weight excluding hydrogens is 270 g/mol. The highest BCUT2D eigenvalue weighted by molar-refractivity contribution is 5.01. The van der Waals surface area contributed by atoms with Gasteiger partial charge >= 0.3 is 0 Å². The smallest absolute Gasteiger partial charge is 0.204 e. The average Bonchev–Trinajstić information content (AvgIpc) is 3.10. The topological polar surface area (TPSA) is 67.0 Å². The van der Waals surface area contributed by atoms with E-state index in [1.54, 1.807) is 4.68 Å². The largest absolute Gasteiger partial charge is 0.347 e. The van der Waals surface area contributed by atoms with Gasteiger partial charge in [-0.05, 0) is 20.3 Å². The predicted molar refractivity (Wildman–Crippen MR) is 77.6 cm³/mol. The van der Waals surface area contributed by atoms with Crippen LogP contribution >= 0.6 is 0 Å². The maximum atomic E-state index is 5.52. The third-order valence-corrected chi connectivity index (χ3v) is 3.02. The van der Waals surface area contributed by atoms with Gasteiger partial charge in [-0.1, -0.05) is 12.1 Å². The van der Waals surface area contributed by atoms with Crippen LogP contribution in [0.1, 0.15) is 44.9 Å². The summed E-state index contributed by atoms with van der Waals surface area (Å²) in [5.41, 5.74) is 1.80. The van der Waals surface area contributed by atoms with Crippen molar-refractivity contribution in [1.29, 1.82) is 0 Å². The number of aromatic nitrogens is 5. The predicted octanol–water partition coefficient (Wildman–Crippen LogP) is 2.00. The van der Waals surface area contributed by atoms with E-state index in [-0.39, 0.29) is 0 Å². The molecule has 7 nitrogen and oxygen atoms in total. The van der Waals surface area contributed by atoms with Crippen LogP contribution < -0.4 is 0 Å².